The van der Waals surface area contributed by atoms with Crippen molar-refractivity contribution in [1.29, 1.82) is 0 Å². The van der Waals surface area contributed by atoms with Crippen molar-refractivity contribution in [1.82, 2.24) is 14.9 Å². The fraction of sp³-hybridized carbons (Fsp3) is 0.435. The summed E-state index contributed by atoms with van der Waals surface area (Å²) < 4.78 is 32.4. The van der Waals surface area contributed by atoms with E-state index in [0.717, 1.165) is 30.5 Å². The largest absolute Gasteiger partial charge is 0.379 e. The summed E-state index contributed by atoms with van der Waals surface area (Å²) in [6.07, 6.45) is 2.01. The summed E-state index contributed by atoms with van der Waals surface area (Å²) in [4.78, 5) is 4.28. The number of nitrogens with one attached hydrogen (secondary N) is 2. The van der Waals surface area contributed by atoms with Crippen LogP contribution in [0.2, 0.25) is 0 Å². The van der Waals surface area contributed by atoms with Gasteiger partial charge >= 0.3 is 0 Å². The Bertz CT molecular complexity index is 942. The minimum Gasteiger partial charge on any atom is -0.379 e. The molecule has 1 heterocycles. The third-order valence-corrected chi connectivity index (χ3v) is 7.09. The highest BCUT2D eigenvalue weighted by Gasteiger charge is 2.25. The molecule has 2 aromatic carbocycles. The first-order valence-electron chi connectivity index (χ1n) is 10.7. The highest BCUT2D eigenvalue weighted by molar-refractivity contribution is 7.88. The number of hydrogen-bond donors (Lipinski definition) is 2. The monoisotopic (exact) mass is 444 g/mol. The molecule has 2 aromatic rings. The molecule has 0 saturated carbocycles. The van der Waals surface area contributed by atoms with Crippen molar-refractivity contribution in [3.63, 3.8) is 0 Å². The molecule has 0 amide bonds. The molecule has 0 spiro atoms. The van der Waals surface area contributed by atoms with Gasteiger partial charge in [0.25, 0.3) is 0 Å². The van der Waals surface area contributed by atoms with Crippen molar-refractivity contribution in [2.75, 3.05) is 39.9 Å². The molecule has 0 atom stereocenters. The number of rotatable bonds is 9. The molecule has 1 saturated heterocycles. The zero-order chi connectivity index (χ0) is 21.9. The summed E-state index contributed by atoms with van der Waals surface area (Å²) in [5, 5.41) is 6.63. The zero-order valence-corrected chi connectivity index (χ0v) is 18.9. The Labute approximate surface area is 185 Å². The molecule has 0 aromatic heterocycles. The third-order valence-electron chi connectivity index (χ3n) is 5.27. The molecule has 7 nitrogen and oxygen atoms in total. The van der Waals surface area contributed by atoms with Crippen LogP contribution in [0.4, 0.5) is 0 Å². The number of aryl methyl sites for hydroxylation is 1. The van der Waals surface area contributed by atoms with Crippen molar-refractivity contribution < 1.29 is 13.2 Å². The highest BCUT2D eigenvalue weighted by Crippen LogP contribution is 2.16. The van der Waals surface area contributed by atoms with E-state index in [1.165, 1.54) is 9.87 Å². The average Bonchev–Trinajstić information content (AvgIpc) is 2.80. The van der Waals surface area contributed by atoms with E-state index in [9.17, 15) is 8.42 Å². The summed E-state index contributed by atoms with van der Waals surface area (Å²) in [6.45, 7) is 3.06. The first-order chi connectivity index (χ1) is 15.1. The van der Waals surface area contributed by atoms with Gasteiger partial charge in [0.05, 0.1) is 19.0 Å². The van der Waals surface area contributed by atoms with Crippen LogP contribution in [0.3, 0.4) is 0 Å². The highest BCUT2D eigenvalue weighted by atomic mass is 32.2. The maximum Gasteiger partial charge on any atom is 0.218 e. The molecule has 0 unspecified atom stereocenters. The van der Waals surface area contributed by atoms with Gasteiger partial charge in [0.2, 0.25) is 10.0 Å². The first-order valence-corrected chi connectivity index (χ1v) is 12.3. The standard InChI is InChI=1S/C23H32N4O3S/c1-24-23(25-13-7-10-20-8-3-2-4-9-20)26-18-21-11-5-6-12-22(21)19-31(28,29)27-14-16-30-17-15-27/h2-6,8-9,11-12H,7,10,13-19H2,1H3,(H2,24,25,26). The second-order valence-corrected chi connectivity index (χ2v) is 9.45. The number of hydrogen-bond acceptors (Lipinski definition) is 4. The molecule has 1 aliphatic rings. The summed E-state index contributed by atoms with van der Waals surface area (Å²) in [6, 6.07) is 18.1. The Hall–Kier alpha value is -2.42. The summed E-state index contributed by atoms with van der Waals surface area (Å²) in [5.74, 6) is 0.701. The Balaban J connectivity index is 1.51. The fourth-order valence-corrected chi connectivity index (χ4v) is 5.09. The number of guanidine groups is 1. The topological polar surface area (TPSA) is 83.0 Å². The summed E-state index contributed by atoms with van der Waals surface area (Å²) in [5.41, 5.74) is 3.08. The Morgan fingerprint density at radius 2 is 1.68 bits per heavy atom. The average molecular weight is 445 g/mol. The minimum absolute atomic E-state index is 0.00599. The molecule has 8 heteroatoms. The molecule has 0 radical (unpaired) electrons. The molecule has 1 fully saturated rings. The Morgan fingerprint density at radius 3 is 2.39 bits per heavy atom. The maximum atomic E-state index is 12.8. The van der Waals surface area contributed by atoms with Crippen LogP contribution < -0.4 is 10.6 Å². The van der Waals surface area contributed by atoms with Crippen molar-refractivity contribution >= 4 is 16.0 Å². The van der Waals surface area contributed by atoms with Crippen LogP contribution >= 0.6 is 0 Å². The number of sulfonamides is 1. The van der Waals surface area contributed by atoms with Gasteiger partial charge in [-0.15, -0.1) is 0 Å². The number of benzene rings is 2. The fourth-order valence-electron chi connectivity index (χ4n) is 3.53. The van der Waals surface area contributed by atoms with Crippen LogP contribution in [0, 0.1) is 0 Å². The maximum absolute atomic E-state index is 12.8. The lowest BCUT2D eigenvalue weighted by Crippen LogP contribution is -2.41. The van der Waals surface area contributed by atoms with Crippen LogP contribution in [0.1, 0.15) is 23.1 Å². The van der Waals surface area contributed by atoms with Crippen LogP contribution in [0.25, 0.3) is 0 Å². The van der Waals surface area contributed by atoms with Gasteiger partial charge in [-0.05, 0) is 29.5 Å². The van der Waals surface area contributed by atoms with E-state index in [4.69, 9.17) is 4.74 Å². The summed E-state index contributed by atoms with van der Waals surface area (Å²) in [7, 11) is -1.63. The van der Waals surface area contributed by atoms with Crippen LogP contribution in [-0.4, -0.2) is 58.6 Å². The van der Waals surface area contributed by atoms with Crippen molar-refractivity contribution in [2.24, 2.45) is 4.99 Å². The smallest absolute Gasteiger partial charge is 0.218 e. The van der Waals surface area contributed by atoms with Gasteiger partial charge in [0.1, 0.15) is 0 Å². The second-order valence-electron chi connectivity index (χ2n) is 7.48. The molecule has 31 heavy (non-hydrogen) atoms. The van der Waals surface area contributed by atoms with Crippen molar-refractivity contribution in [3.8, 4) is 0 Å². The Morgan fingerprint density at radius 1 is 1.00 bits per heavy atom. The number of aliphatic imine (C=N–C) groups is 1. The van der Waals surface area contributed by atoms with Gasteiger partial charge in [-0.2, -0.15) is 4.31 Å². The van der Waals surface area contributed by atoms with E-state index in [2.05, 4.69) is 39.9 Å². The van der Waals surface area contributed by atoms with Crippen LogP contribution in [0.5, 0.6) is 0 Å². The van der Waals surface area contributed by atoms with E-state index < -0.39 is 10.0 Å². The molecular weight excluding hydrogens is 412 g/mol. The normalized spacial score (nSPS) is 15.6. The van der Waals surface area contributed by atoms with E-state index >= 15 is 0 Å². The molecule has 1 aliphatic heterocycles. The molecular formula is C23H32N4O3S. The minimum atomic E-state index is -3.37. The van der Waals surface area contributed by atoms with Gasteiger partial charge in [-0.3, -0.25) is 4.99 Å². The summed E-state index contributed by atoms with van der Waals surface area (Å²) >= 11 is 0. The van der Waals surface area contributed by atoms with E-state index in [-0.39, 0.29) is 5.75 Å². The predicted octanol–water partition coefficient (Wildman–Crippen LogP) is 2.15. The molecule has 0 bridgehead atoms. The lowest BCUT2D eigenvalue weighted by molar-refractivity contribution is 0.0729. The van der Waals surface area contributed by atoms with Crippen molar-refractivity contribution in [2.45, 2.75) is 25.1 Å². The molecule has 2 N–H and O–H groups in total. The first kappa shape index (κ1) is 23.2. The van der Waals surface area contributed by atoms with E-state index in [1.54, 1.807) is 7.05 Å². The lowest BCUT2D eigenvalue weighted by Gasteiger charge is -2.26. The SMILES string of the molecule is CN=C(NCCCc1ccccc1)NCc1ccccc1CS(=O)(=O)N1CCOCC1. The van der Waals surface area contributed by atoms with Crippen LogP contribution in [0.15, 0.2) is 59.6 Å². The number of nitrogens with zero attached hydrogens (tertiary/aromatic N) is 2. The molecule has 168 valence electrons. The quantitative estimate of drug-likeness (QED) is 0.352. The lowest BCUT2D eigenvalue weighted by atomic mass is 10.1. The third kappa shape index (κ3) is 7.34. The molecule has 3 rings (SSSR count). The zero-order valence-electron chi connectivity index (χ0n) is 18.1. The van der Waals surface area contributed by atoms with Gasteiger partial charge < -0.3 is 15.4 Å². The van der Waals surface area contributed by atoms with Gasteiger partial charge in [0.15, 0.2) is 5.96 Å². The number of ether oxygens (including phenoxy) is 1. The second kappa shape index (κ2) is 11.8. The van der Waals surface area contributed by atoms with E-state index in [1.807, 2.05) is 30.3 Å². The van der Waals surface area contributed by atoms with Crippen LogP contribution in [-0.2, 0) is 33.5 Å². The molecule has 0 aliphatic carbocycles. The van der Waals surface area contributed by atoms with E-state index in [0.29, 0.717) is 38.8 Å². The Kier molecular flexibility index (Phi) is 8.87. The number of morpholine rings is 1. The van der Waals surface area contributed by atoms with Gasteiger partial charge in [-0.25, -0.2) is 8.42 Å². The van der Waals surface area contributed by atoms with Crippen molar-refractivity contribution in [3.05, 3.63) is 71.3 Å². The van der Waals surface area contributed by atoms with Gasteiger partial charge in [-0.1, -0.05) is 54.6 Å². The predicted molar refractivity (Wildman–Crippen MR) is 124 cm³/mol. The van der Waals surface area contributed by atoms with Gasteiger partial charge in [0, 0.05) is 33.2 Å².